The maximum absolute atomic E-state index is 12.2. The summed E-state index contributed by atoms with van der Waals surface area (Å²) in [4.78, 5) is 13.0. The number of carbonyl (C=O) groups is 1. The van der Waals surface area contributed by atoms with Crippen LogP contribution in [0.5, 0.6) is 0 Å². The molecule has 2 aromatic heterocycles. The van der Waals surface area contributed by atoms with Crippen molar-refractivity contribution in [2.75, 3.05) is 0 Å². The van der Waals surface area contributed by atoms with E-state index in [0.717, 1.165) is 27.9 Å². The van der Waals surface area contributed by atoms with Crippen molar-refractivity contribution >= 4 is 33.2 Å². The number of ether oxygens (including phenoxy) is 1. The number of hydrogen-bond donors (Lipinski definition) is 0. The van der Waals surface area contributed by atoms with Crippen LogP contribution in [0.2, 0.25) is 0 Å². The zero-order chi connectivity index (χ0) is 16.5. The number of rotatable bonds is 4. The maximum atomic E-state index is 12.2. The number of aromatic nitrogens is 2. The van der Waals surface area contributed by atoms with Gasteiger partial charge in [-0.05, 0) is 70.6 Å². The predicted octanol–water partition coefficient (Wildman–Crippen LogP) is 4.41. The lowest BCUT2D eigenvalue weighted by Crippen LogP contribution is -2.06. The predicted molar refractivity (Wildman–Crippen MR) is 92.9 cm³/mol. The molecule has 0 spiro atoms. The summed E-state index contributed by atoms with van der Waals surface area (Å²) >= 11 is 4.89. The average molecular weight is 405 g/mol. The lowest BCUT2D eigenvalue weighted by atomic mass is 10.1. The van der Waals surface area contributed by atoms with E-state index in [4.69, 9.17) is 9.15 Å². The van der Waals surface area contributed by atoms with Gasteiger partial charge in [-0.1, -0.05) is 6.07 Å². The summed E-state index contributed by atoms with van der Waals surface area (Å²) in [6.07, 6.45) is 3.27. The highest BCUT2D eigenvalue weighted by molar-refractivity contribution is 9.11. The quantitative estimate of drug-likeness (QED) is 0.602. The fourth-order valence-corrected chi connectivity index (χ4v) is 4.06. The molecule has 0 N–H and O–H groups in total. The largest absolute Gasteiger partial charge is 0.452 e. The maximum Gasteiger partial charge on any atom is 0.338 e. The zero-order valence-electron chi connectivity index (χ0n) is 12.6. The van der Waals surface area contributed by atoms with Gasteiger partial charge in [0.05, 0.1) is 14.2 Å². The molecule has 1 aromatic carbocycles. The molecule has 0 radical (unpaired) electrons. The normalized spacial score (nSPS) is 13.0. The number of fused-ring (bicyclic) bond motifs is 1. The molecule has 0 saturated carbocycles. The van der Waals surface area contributed by atoms with Gasteiger partial charge in [-0.25, -0.2) is 4.79 Å². The Bertz CT molecular complexity index is 903. The monoisotopic (exact) mass is 404 g/mol. The van der Waals surface area contributed by atoms with Gasteiger partial charge in [-0.2, -0.15) is 0 Å². The molecule has 0 unspecified atom stereocenters. The molecule has 3 aromatic rings. The third kappa shape index (κ3) is 3.14. The number of hydrogen-bond acceptors (Lipinski definition) is 6. The molecular weight excluding hydrogens is 392 g/mol. The van der Waals surface area contributed by atoms with Crippen molar-refractivity contribution in [3.05, 3.63) is 56.7 Å². The summed E-state index contributed by atoms with van der Waals surface area (Å²) < 4.78 is 11.8. The van der Waals surface area contributed by atoms with Gasteiger partial charge in [0.2, 0.25) is 0 Å². The van der Waals surface area contributed by atoms with Crippen LogP contribution in [0.25, 0.3) is 10.8 Å². The van der Waals surface area contributed by atoms with Crippen LogP contribution in [0.4, 0.5) is 0 Å². The van der Waals surface area contributed by atoms with Gasteiger partial charge in [0.15, 0.2) is 6.61 Å². The Balaban J connectivity index is 1.41. The van der Waals surface area contributed by atoms with Crippen molar-refractivity contribution in [2.24, 2.45) is 0 Å². The minimum atomic E-state index is -0.372. The summed E-state index contributed by atoms with van der Waals surface area (Å²) in [6.45, 7) is -0.0323. The van der Waals surface area contributed by atoms with E-state index in [-0.39, 0.29) is 18.5 Å². The standard InChI is InChI=1S/C17H13BrN2O3S/c18-14-7-6-13(24-14)16-20-19-15(23-16)9-22-17(21)12-5-4-10-2-1-3-11(10)8-12/h4-8H,1-3,9H2. The van der Waals surface area contributed by atoms with Gasteiger partial charge in [-0.15, -0.1) is 21.5 Å². The number of carbonyl (C=O) groups excluding carboxylic acids is 1. The molecule has 0 bridgehead atoms. The summed E-state index contributed by atoms with van der Waals surface area (Å²) in [7, 11) is 0. The number of benzene rings is 1. The Hall–Kier alpha value is -1.99. The first-order valence-electron chi connectivity index (χ1n) is 7.56. The van der Waals surface area contributed by atoms with E-state index >= 15 is 0 Å². The van der Waals surface area contributed by atoms with E-state index < -0.39 is 0 Å². The van der Waals surface area contributed by atoms with Gasteiger partial charge < -0.3 is 9.15 Å². The van der Waals surface area contributed by atoms with Crippen molar-refractivity contribution < 1.29 is 13.9 Å². The van der Waals surface area contributed by atoms with Crippen LogP contribution < -0.4 is 0 Å². The second-order valence-corrected chi connectivity index (χ2v) is 7.98. The third-order valence-electron chi connectivity index (χ3n) is 3.91. The molecule has 0 aliphatic heterocycles. The van der Waals surface area contributed by atoms with Crippen molar-refractivity contribution in [1.82, 2.24) is 10.2 Å². The molecule has 0 atom stereocenters. The van der Waals surface area contributed by atoms with Gasteiger partial charge in [0.1, 0.15) is 0 Å². The molecule has 2 heterocycles. The van der Waals surface area contributed by atoms with Crippen LogP contribution in [-0.2, 0) is 24.2 Å². The van der Waals surface area contributed by atoms with Crippen LogP contribution in [0.3, 0.4) is 0 Å². The number of esters is 1. The second-order valence-electron chi connectivity index (χ2n) is 5.52. The smallest absolute Gasteiger partial charge is 0.338 e. The third-order valence-corrected chi connectivity index (χ3v) is 5.52. The molecule has 24 heavy (non-hydrogen) atoms. The molecule has 0 amide bonds. The Morgan fingerprint density at radius 2 is 2.08 bits per heavy atom. The summed E-state index contributed by atoms with van der Waals surface area (Å²) in [5, 5.41) is 7.90. The minimum Gasteiger partial charge on any atom is -0.452 e. The first-order chi connectivity index (χ1) is 11.7. The van der Waals surface area contributed by atoms with Crippen LogP contribution >= 0.6 is 27.3 Å². The van der Waals surface area contributed by atoms with E-state index in [2.05, 4.69) is 26.1 Å². The Kier molecular flexibility index (Phi) is 4.20. The molecule has 5 nitrogen and oxygen atoms in total. The minimum absolute atomic E-state index is 0.0323. The molecule has 1 aliphatic carbocycles. The van der Waals surface area contributed by atoms with Crippen molar-refractivity contribution in [1.29, 1.82) is 0 Å². The van der Waals surface area contributed by atoms with Gasteiger partial charge in [-0.3, -0.25) is 0 Å². The van der Waals surface area contributed by atoms with Crippen LogP contribution in [0, 0.1) is 0 Å². The van der Waals surface area contributed by atoms with Crippen LogP contribution in [0.15, 0.2) is 38.5 Å². The van der Waals surface area contributed by atoms with Crippen molar-refractivity contribution in [3.8, 4) is 10.8 Å². The van der Waals surface area contributed by atoms with E-state index in [1.165, 1.54) is 22.5 Å². The lowest BCUT2D eigenvalue weighted by Gasteiger charge is -2.04. The van der Waals surface area contributed by atoms with Crippen LogP contribution in [0.1, 0.15) is 33.8 Å². The summed E-state index contributed by atoms with van der Waals surface area (Å²) in [6, 6.07) is 9.56. The van der Waals surface area contributed by atoms with E-state index in [0.29, 0.717) is 11.5 Å². The number of thiophene rings is 1. The first kappa shape index (κ1) is 15.5. The number of halogens is 1. The number of aryl methyl sites for hydroxylation is 2. The second kappa shape index (κ2) is 6.49. The fraction of sp³-hybridized carbons (Fsp3) is 0.235. The topological polar surface area (TPSA) is 65.2 Å². The van der Waals surface area contributed by atoms with Crippen LogP contribution in [-0.4, -0.2) is 16.2 Å². The highest BCUT2D eigenvalue weighted by atomic mass is 79.9. The fourth-order valence-electron chi connectivity index (χ4n) is 2.75. The average Bonchev–Trinajstić information content (AvgIpc) is 3.31. The molecule has 1 aliphatic rings. The molecular formula is C17H13BrN2O3S. The first-order valence-corrected chi connectivity index (χ1v) is 9.17. The lowest BCUT2D eigenvalue weighted by molar-refractivity contribution is 0.0438. The SMILES string of the molecule is O=C(OCc1nnc(-c2ccc(Br)s2)o1)c1ccc2c(c1)CCC2. The molecule has 4 rings (SSSR count). The van der Waals surface area contributed by atoms with E-state index in [9.17, 15) is 4.79 Å². The van der Waals surface area contributed by atoms with Gasteiger partial charge in [0.25, 0.3) is 11.8 Å². The number of nitrogens with zero attached hydrogens (tertiary/aromatic N) is 2. The van der Waals surface area contributed by atoms with E-state index in [1.807, 2.05) is 30.3 Å². The highest BCUT2D eigenvalue weighted by Gasteiger charge is 2.16. The van der Waals surface area contributed by atoms with E-state index in [1.54, 1.807) is 0 Å². The Morgan fingerprint density at radius 3 is 2.92 bits per heavy atom. The summed E-state index contributed by atoms with van der Waals surface area (Å²) in [5.41, 5.74) is 3.14. The molecule has 7 heteroatoms. The Morgan fingerprint density at radius 1 is 1.21 bits per heavy atom. The van der Waals surface area contributed by atoms with Gasteiger partial charge >= 0.3 is 5.97 Å². The summed E-state index contributed by atoms with van der Waals surface area (Å²) in [5.74, 6) is 0.335. The Labute approximate surface area is 150 Å². The zero-order valence-corrected chi connectivity index (χ0v) is 15.0. The molecule has 0 saturated heterocycles. The van der Waals surface area contributed by atoms with Crippen molar-refractivity contribution in [3.63, 3.8) is 0 Å². The van der Waals surface area contributed by atoms with Crippen molar-refractivity contribution in [2.45, 2.75) is 25.9 Å². The molecule has 0 fully saturated rings. The highest BCUT2D eigenvalue weighted by Crippen LogP contribution is 2.30. The molecule has 122 valence electrons. The van der Waals surface area contributed by atoms with Gasteiger partial charge in [0, 0.05) is 0 Å².